The number of rotatable bonds is 3. The van der Waals surface area contributed by atoms with E-state index in [4.69, 9.17) is 10.7 Å². The molecule has 0 radical (unpaired) electrons. The number of nitrogens with zero attached hydrogens (tertiary/aromatic N) is 4. The molecule has 2 aromatic heterocycles. The third kappa shape index (κ3) is 3.03. The van der Waals surface area contributed by atoms with Crippen molar-refractivity contribution in [2.75, 3.05) is 18.0 Å². The van der Waals surface area contributed by atoms with Crippen molar-refractivity contribution in [1.29, 1.82) is 0 Å². The molecule has 5 heteroatoms. The van der Waals surface area contributed by atoms with Gasteiger partial charge in [0.2, 0.25) is 0 Å². The summed E-state index contributed by atoms with van der Waals surface area (Å²) in [6.07, 6.45) is 4.63. The molecule has 1 saturated heterocycles. The van der Waals surface area contributed by atoms with Crippen LogP contribution in [0.15, 0.2) is 30.6 Å². The van der Waals surface area contributed by atoms with Crippen LogP contribution < -0.4 is 10.6 Å². The maximum atomic E-state index is 6.01. The summed E-state index contributed by atoms with van der Waals surface area (Å²) in [5, 5.41) is 0. The molecule has 0 saturated carbocycles. The van der Waals surface area contributed by atoms with Gasteiger partial charge in [-0.3, -0.25) is 4.98 Å². The van der Waals surface area contributed by atoms with E-state index < -0.39 is 0 Å². The van der Waals surface area contributed by atoms with Gasteiger partial charge in [-0.1, -0.05) is 13.8 Å². The molecule has 21 heavy (non-hydrogen) atoms. The van der Waals surface area contributed by atoms with Crippen molar-refractivity contribution < 1.29 is 0 Å². The van der Waals surface area contributed by atoms with Crippen LogP contribution in [0.2, 0.25) is 0 Å². The first-order valence-corrected chi connectivity index (χ1v) is 7.43. The van der Waals surface area contributed by atoms with E-state index in [1.54, 1.807) is 6.20 Å². The third-order valence-corrected chi connectivity index (χ3v) is 3.75. The molecule has 1 aliphatic rings. The van der Waals surface area contributed by atoms with Crippen molar-refractivity contribution in [3.63, 3.8) is 0 Å². The van der Waals surface area contributed by atoms with Gasteiger partial charge in [-0.05, 0) is 18.6 Å². The molecule has 2 N–H and O–H groups in total. The summed E-state index contributed by atoms with van der Waals surface area (Å²) in [6.45, 7) is 6.05. The number of hydrogen-bond donors (Lipinski definition) is 1. The lowest BCUT2D eigenvalue weighted by Crippen LogP contribution is -2.27. The molecule has 0 aliphatic carbocycles. The maximum Gasteiger partial charge on any atom is 0.133 e. The second-order valence-corrected chi connectivity index (χ2v) is 5.86. The molecule has 0 spiro atoms. The first kappa shape index (κ1) is 13.9. The van der Waals surface area contributed by atoms with E-state index in [9.17, 15) is 0 Å². The van der Waals surface area contributed by atoms with Crippen LogP contribution in [0.3, 0.4) is 0 Å². The minimum atomic E-state index is 0.240. The van der Waals surface area contributed by atoms with E-state index in [2.05, 4.69) is 28.7 Å². The van der Waals surface area contributed by atoms with Gasteiger partial charge in [-0.2, -0.15) is 0 Å². The first-order valence-electron chi connectivity index (χ1n) is 7.43. The molecule has 1 unspecified atom stereocenters. The molecule has 110 valence electrons. The molecule has 0 amide bonds. The molecule has 3 rings (SSSR count). The topological polar surface area (TPSA) is 67.9 Å². The molecule has 0 bridgehead atoms. The predicted molar refractivity (Wildman–Crippen MR) is 84.2 cm³/mol. The second kappa shape index (κ2) is 5.77. The van der Waals surface area contributed by atoms with Gasteiger partial charge in [0.05, 0.1) is 5.69 Å². The lowest BCUT2D eigenvalue weighted by Gasteiger charge is -2.19. The number of aromatic nitrogens is 3. The smallest absolute Gasteiger partial charge is 0.133 e. The molecule has 1 fully saturated rings. The molecule has 1 atom stereocenters. The van der Waals surface area contributed by atoms with Crippen molar-refractivity contribution in [2.45, 2.75) is 32.2 Å². The van der Waals surface area contributed by atoms with Crippen molar-refractivity contribution in [1.82, 2.24) is 15.0 Å². The lowest BCUT2D eigenvalue weighted by atomic mass is 10.1. The Hall–Kier alpha value is -2.01. The normalized spacial score (nSPS) is 18.5. The predicted octanol–water partition coefficient (Wildman–Crippen LogP) is 2.20. The summed E-state index contributed by atoms with van der Waals surface area (Å²) >= 11 is 0. The largest absolute Gasteiger partial charge is 0.355 e. The van der Waals surface area contributed by atoms with Crippen molar-refractivity contribution in [2.24, 2.45) is 5.73 Å². The molecule has 5 nitrogen and oxygen atoms in total. The molecular formula is C16H21N5. The van der Waals surface area contributed by atoms with Gasteiger partial charge in [0.15, 0.2) is 0 Å². The third-order valence-electron chi connectivity index (χ3n) is 3.75. The van der Waals surface area contributed by atoms with E-state index in [1.807, 2.05) is 24.4 Å². The SMILES string of the molecule is CC(C)c1nc(-c2cccnc2)cc(N2CCC(N)C2)n1. The van der Waals surface area contributed by atoms with Crippen LogP contribution in [0.1, 0.15) is 32.0 Å². The standard InChI is InChI=1S/C16H21N5/c1-11(2)16-19-14(12-4-3-6-18-9-12)8-15(20-16)21-7-5-13(17)10-21/h3-4,6,8-9,11,13H,5,7,10,17H2,1-2H3. The minimum Gasteiger partial charge on any atom is -0.355 e. The Labute approximate surface area is 125 Å². The lowest BCUT2D eigenvalue weighted by molar-refractivity contribution is 0.746. The summed E-state index contributed by atoms with van der Waals surface area (Å²) in [5.41, 5.74) is 7.96. The maximum absolute atomic E-state index is 6.01. The summed E-state index contributed by atoms with van der Waals surface area (Å²) in [4.78, 5) is 15.8. The molecule has 2 aromatic rings. The zero-order chi connectivity index (χ0) is 14.8. The molecular weight excluding hydrogens is 262 g/mol. The van der Waals surface area contributed by atoms with E-state index in [1.165, 1.54) is 0 Å². The monoisotopic (exact) mass is 283 g/mol. The van der Waals surface area contributed by atoms with Gasteiger partial charge in [0.25, 0.3) is 0 Å². The summed E-state index contributed by atoms with van der Waals surface area (Å²) < 4.78 is 0. The fourth-order valence-electron chi connectivity index (χ4n) is 2.53. The van der Waals surface area contributed by atoms with Crippen LogP contribution in [0.4, 0.5) is 5.82 Å². The highest BCUT2D eigenvalue weighted by Crippen LogP contribution is 2.25. The Morgan fingerprint density at radius 1 is 1.33 bits per heavy atom. The van der Waals surface area contributed by atoms with Gasteiger partial charge in [-0.25, -0.2) is 9.97 Å². The highest BCUT2D eigenvalue weighted by molar-refractivity contribution is 5.62. The summed E-state index contributed by atoms with van der Waals surface area (Å²) in [5.74, 6) is 2.13. The summed E-state index contributed by atoms with van der Waals surface area (Å²) in [7, 11) is 0. The van der Waals surface area contributed by atoms with Crippen LogP contribution >= 0.6 is 0 Å². The zero-order valence-corrected chi connectivity index (χ0v) is 12.5. The number of anilines is 1. The van der Waals surface area contributed by atoms with Crippen LogP contribution in [-0.2, 0) is 0 Å². The van der Waals surface area contributed by atoms with Gasteiger partial charge in [-0.15, -0.1) is 0 Å². The van der Waals surface area contributed by atoms with Crippen LogP contribution in [0, 0.1) is 0 Å². The van der Waals surface area contributed by atoms with Crippen LogP contribution in [0.5, 0.6) is 0 Å². The number of nitrogens with two attached hydrogens (primary N) is 1. The molecule has 3 heterocycles. The average Bonchev–Trinajstić information content (AvgIpc) is 2.94. The fraction of sp³-hybridized carbons (Fsp3) is 0.438. The van der Waals surface area contributed by atoms with Gasteiger partial charge < -0.3 is 10.6 Å². The summed E-state index contributed by atoms with van der Waals surface area (Å²) in [6, 6.07) is 6.24. The van der Waals surface area contributed by atoms with Gasteiger partial charge in [0, 0.05) is 49.1 Å². The number of hydrogen-bond acceptors (Lipinski definition) is 5. The average molecular weight is 283 g/mol. The highest BCUT2D eigenvalue weighted by Gasteiger charge is 2.22. The van der Waals surface area contributed by atoms with Crippen molar-refractivity contribution in [3.05, 3.63) is 36.4 Å². The molecule has 0 aromatic carbocycles. The minimum absolute atomic E-state index is 0.240. The Balaban J connectivity index is 2.02. The van der Waals surface area contributed by atoms with Gasteiger partial charge in [0.1, 0.15) is 11.6 Å². The van der Waals surface area contributed by atoms with Crippen LogP contribution in [0.25, 0.3) is 11.3 Å². The van der Waals surface area contributed by atoms with Gasteiger partial charge >= 0.3 is 0 Å². The first-order chi connectivity index (χ1) is 10.1. The molecule has 1 aliphatic heterocycles. The second-order valence-electron chi connectivity index (χ2n) is 5.86. The van der Waals surface area contributed by atoms with E-state index in [-0.39, 0.29) is 12.0 Å². The van der Waals surface area contributed by atoms with Crippen molar-refractivity contribution >= 4 is 5.82 Å². The van der Waals surface area contributed by atoms with Crippen molar-refractivity contribution in [3.8, 4) is 11.3 Å². The van der Waals surface area contributed by atoms with E-state index in [0.29, 0.717) is 0 Å². The Bertz CT molecular complexity index is 611. The van der Waals surface area contributed by atoms with E-state index >= 15 is 0 Å². The zero-order valence-electron chi connectivity index (χ0n) is 12.5. The highest BCUT2D eigenvalue weighted by atomic mass is 15.2. The van der Waals surface area contributed by atoms with Crippen LogP contribution in [-0.4, -0.2) is 34.1 Å². The Morgan fingerprint density at radius 3 is 2.81 bits per heavy atom. The Kier molecular flexibility index (Phi) is 3.84. The number of pyridine rings is 1. The quantitative estimate of drug-likeness (QED) is 0.935. The van der Waals surface area contributed by atoms with E-state index in [0.717, 1.165) is 42.4 Å². The Morgan fingerprint density at radius 2 is 2.19 bits per heavy atom. The fourth-order valence-corrected chi connectivity index (χ4v) is 2.53.